The first-order valence-corrected chi connectivity index (χ1v) is 6.31. The van der Waals surface area contributed by atoms with Crippen molar-refractivity contribution in [1.29, 1.82) is 5.26 Å². The predicted octanol–water partition coefficient (Wildman–Crippen LogP) is -3.64. The molecule has 0 saturated carbocycles. The number of nitriles is 1. The first-order chi connectivity index (χ1) is 9.86. The molecule has 0 aromatic carbocycles. The zero-order valence-electron chi connectivity index (χ0n) is 10.9. The van der Waals surface area contributed by atoms with Gasteiger partial charge in [-0.05, 0) is 6.08 Å². The molecular formula is C12H17NO8. The van der Waals surface area contributed by atoms with Gasteiger partial charge >= 0.3 is 0 Å². The van der Waals surface area contributed by atoms with Crippen LogP contribution in [0, 0.1) is 11.3 Å². The number of aliphatic hydroxyl groups excluding tert-OH is 6. The summed E-state index contributed by atoms with van der Waals surface area (Å²) in [6.45, 7) is -0.647. The Kier molecular flexibility index (Phi) is 4.62. The molecule has 1 aliphatic heterocycles. The summed E-state index contributed by atoms with van der Waals surface area (Å²) >= 11 is 0. The van der Waals surface area contributed by atoms with Crippen LogP contribution in [0.5, 0.6) is 0 Å². The molecule has 0 radical (unpaired) electrons. The zero-order chi connectivity index (χ0) is 15.8. The normalized spacial score (nSPS) is 50.0. The van der Waals surface area contributed by atoms with E-state index in [9.17, 15) is 25.5 Å². The van der Waals surface area contributed by atoms with E-state index in [2.05, 4.69) is 0 Å². The van der Waals surface area contributed by atoms with Gasteiger partial charge in [0.2, 0.25) is 5.60 Å². The number of nitrogens with zero attached hydrogens (tertiary/aromatic N) is 1. The fourth-order valence-corrected chi connectivity index (χ4v) is 2.29. The average Bonchev–Trinajstić information content (AvgIpc) is 2.77. The molecule has 0 unspecified atom stereocenters. The van der Waals surface area contributed by atoms with Gasteiger partial charge in [-0.3, -0.25) is 0 Å². The molecule has 1 saturated heterocycles. The SMILES string of the molecule is N#C[C@@]1(O[C@@H]2O[C@H](CO)[C@@H](O)[C@H](O)[C@H]2O)C=C[C@H](O)[C@H]1O. The Hall–Kier alpha value is -1.09. The topological polar surface area (TPSA) is 164 Å². The van der Waals surface area contributed by atoms with Crippen molar-refractivity contribution >= 4 is 0 Å². The largest absolute Gasteiger partial charge is 0.394 e. The maximum Gasteiger partial charge on any atom is 0.204 e. The molecule has 1 fully saturated rings. The summed E-state index contributed by atoms with van der Waals surface area (Å²) in [5.41, 5.74) is -1.97. The highest BCUT2D eigenvalue weighted by atomic mass is 16.7. The van der Waals surface area contributed by atoms with Crippen LogP contribution in [0.25, 0.3) is 0 Å². The molecule has 21 heavy (non-hydrogen) atoms. The van der Waals surface area contributed by atoms with Crippen LogP contribution in [0.1, 0.15) is 0 Å². The van der Waals surface area contributed by atoms with Gasteiger partial charge in [-0.1, -0.05) is 6.08 Å². The second-order valence-electron chi connectivity index (χ2n) is 5.01. The van der Waals surface area contributed by atoms with Crippen molar-refractivity contribution in [2.75, 3.05) is 6.61 Å². The standard InChI is InChI=1S/C12H17NO8/c13-4-12(2-1-5(15)10(12)19)21-11-9(18)8(17)7(16)6(3-14)20-11/h1-2,5-11,14-19H,3H2/t5-,6+,7+,8-,9+,10+,11-,12-/m0/s1. The van der Waals surface area contributed by atoms with Gasteiger partial charge in [0.25, 0.3) is 0 Å². The lowest BCUT2D eigenvalue weighted by molar-refractivity contribution is -0.322. The van der Waals surface area contributed by atoms with Crippen molar-refractivity contribution in [2.24, 2.45) is 0 Å². The van der Waals surface area contributed by atoms with Crippen LogP contribution in [0.3, 0.4) is 0 Å². The Balaban J connectivity index is 2.18. The van der Waals surface area contributed by atoms with E-state index in [1.807, 2.05) is 0 Å². The third kappa shape index (κ3) is 2.68. The molecule has 0 aromatic heterocycles. The van der Waals surface area contributed by atoms with E-state index in [4.69, 9.17) is 19.8 Å². The highest BCUT2D eigenvalue weighted by Crippen LogP contribution is 2.32. The monoisotopic (exact) mass is 303 g/mol. The van der Waals surface area contributed by atoms with E-state index >= 15 is 0 Å². The third-order valence-corrected chi connectivity index (χ3v) is 3.64. The number of rotatable bonds is 3. The minimum absolute atomic E-state index is 0.647. The van der Waals surface area contributed by atoms with Crippen molar-refractivity contribution in [3.8, 4) is 6.07 Å². The fourth-order valence-electron chi connectivity index (χ4n) is 2.29. The summed E-state index contributed by atoms with van der Waals surface area (Å²) in [6, 6.07) is 1.67. The van der Waals surface area contributed by atoms with Crippen LogP contribution in [-0.4, -0.2) is 85.8 Å². The van der Waals surface area contributed by atoms with E-state index < -0.39 is 55.1 Å². The summed E-state index contributed by atoms with van der Waals surface area (Å²) in [7, 11) is 0. The third-order valence-electron chi connectivity index (χ3n) is 3.64. The van der Waals surface area contributed by atoms with E-state index in [-0.39, 0.29) is 0 Å². The molecule has 6 N–H and O–H groups in total. The minimum atomic E-state index is -1.97. The van der Waals surface area contributed by atoms with E-state index in [0.29, 0.717) is 0 Å². The van der Waals surface area contributed by atoms with Gasteiger partial charge in [0.1, 0.15) is 42.7 Å². The Morgan fingerprint density at radius 3 is 2.29 bits per heavy atom. The maximum atomic E-state index is 9.82. The van der Waals surface area contributed by atoms with Gasteiger partial charge in [0.15, 0.2) is 6.29 Å². The van der Waals surface area contributed by atoms with Gasteiger partial charge in [-0.25, -0.2) is 0 Å². The minimum Gasteiger partial charge on any atom is -0.394 e. The first-order valence-electron chi connectivity index (χ1n) is 6.31. The summed E-state index contributed by atoms with van der Waals surface area (Å²) in [4.78, 5) is 0. The molecule has 2 aliphatic rings. The highest BCUT2D eigenvalue weighted by molar-refractivity contribution is 5.29. The van der Waals surface area contributed by atoms with E-state index in [1.54, 1.807) is 6.07 Å². The Labute approximate surface area is 119 Å². The summed E-state index contributed by atoms with van der Waals surface area (Å²) in [5, 5.41) is 66.6. The zero-order valence-corrected chi connectivity index (χ0v) is 10.9. The van der Waals surface area contributed by atoms with E-state index in [0.717, 1.165) is 12.2 Å². The molecule has 2 rings (SSSR count). The summed E-state index contributed by atoms with van der Waals surface area (Å²) in [6.07, 6.45) is -8.36. The van der Waals surface area contributed by atoms with Gasteiger partial charge in [-0.2, -0.15) is 5.26 Å². The van der Waals surface area contributed by atoms with E-state index in [1.165, 1.54) is 0 Å². The van der Waals surface area contributed by atoms with Crippen molar-refractivity contribution in [1.82, 2.24) is 0 Å². The summed E-state index contributed by atoms with van der Waals surface area (Å²) in [5.74, 6) is 0. The lowest BCUT2D eigenvalue weighted by Gasteiger charge is -2.42. The molecular weight excluding hydrogens is 286 g/mol. The van der Waals surface area contributed by atoms with Crippen LogP contribution >= 0.6 is 0 Å². The lowest BCUT2D eigenvalue weighted by atomic mass is 9.97. The Bertz CT molecular complexity index is 449. The smallest absolute Gasteiger partial charge is 0.204 e. The molecule has 9 heteroatoms. The van der Waals surface area contributed by atoms with Gasteiger partial charge in [0, 0.05) is 0 Å². The van der Waals surface area contributed by atoms with Crippen LogP contribution in [0.4, 0.5) is 0 Å². The Morgan fingerprint density at radius 2 is 1.81 bits per heavy atom. The molecule has 0 amide bonds. The number of aliphatic hydroxyl groups is 6. The number of hydrogen-bond donors (Lipinski definition) is 6. The first kappa shape index (κ1) is 16.3. The second kappa shape index (κ2) is 5.96. The van der Waals surface area contributed by atoms with Crippen LogP contribution in [0.2, 0.25) is 0 Å². The van der Waals surface area contributed by atoms with Crippen molar-refractivity contribution in [3.63, 3.8) is 0 Å². The van der Waals surface area contributed by atoms with Gasteiger partial charge in [-0.15, -0.1) is 0 Å². The highest BCUT2D eigenvalue weighted by Gasteiger charge is 2.52. The van der Waals surface area contributed by atoms with Crippen molar-refractivity contribution in [2.45, 2.75) is 48.5 Å². The van der Waals surface area contributed by atoms with Crippen LogP contribution < -0.4 is 0 Å². The fraction of sp³-hybridized carbons (Fsp3) is 0.750. The van der Waals surface area contributed by atoms with Crippen LogP contribution in [0.15, 0.2) is 12.2 Å². The molecule has 1 heterocycles. The molecule has 1 aliphatic carbocycles. The van der Waals surface area contributed by atoms with Gasteiger partial charge in [0.05, 0.1) is 6.61 Å². The lowest BCUT2D eigenvalue weighted by Crippen LogP contribution is -2.61. The average molecular weight is 303 g/mol. The molecule has 9 nitrogen and oxygen atoms in total. The van der Waals surface area contributed by atoms with Crippen molar-refractivity contribution in [3.05, 3.63) is 12.2 Å². The van der Waals surface area contributed by atoms with Crippen molar-refractivity contribution < 1.29 is 40.1 Å². The Morgan fingerprint density at radius 1 is 1.14 bits per heavy atom. The maximum absolute atomic E-state index is 9.82. The second-order valence-corrected chi connectivity index (χ2v) is 5.01. The molecule has 0 bridgehead atoms. The molecule has 118 valence electrons. The number of ether oxygens (including phenoxy) is 2. The molecule has 0 spiro atoms. The predicted molar refractivity (Wildman–Crippen MR) is 64.3 cm³/mol. The molecule has 8 atom stereocenters. The van der Waals surface area contributed by atoms with Gasteiger partial charge < -0.3 is 40.1 Å². The number of hydrogen-bond acceptors (Lipinski definition) is 9. The summed E-state index contributed by atoms with van der Waals surface area (Å²) < 4.78 is 10.3. The molecule has 0 aromatic rings. The quantitative estimate of drug-likeness (QED) is 0.288. The van der Waals surface area contributed by atoms with Crippen LogP contribution in [-0.2, 0) is 9.47 Å².